The summed E-state index contributed by atoms with van der Waals surface area (Å²) in [6.45, 7) is 1.65. The molecule has 0 bridgehead atoms. The van der Waals surface area contributed by atoms with Gasteiger partial charge in [-0.15, -0.1) is 0 Å². The number of furan rings is 1. The molecule has 0 spiro atoms. The number of anilines is 1. The minimum Gasteiger partial charge on any atom is -0.457 e. The Balaban J connectivity index is 1.88. The van der Waals surface area contributed by atoms with E-state index in [0.717, 1.165) is 17.7 Å². The third-order valence-corrected chi connectivity index (χ3v) is 2.73. The molecule has 0 saturated heterocycles. The van der Waals surface area contributed by atoms with Crippen LogP contribution in [0, 0.1) is 0 Å². The van der Waals surface area contributed by atoms with Crippen molar-refractivity contribution in [2.24, 2.45) is 0 Å². The molecule has 0 aliphatic heterocycles. The highest BCUT2D eigenvalue weighted by molar-refractivity contribution is 5.95. The molecule has 0 saturated carbocycles. The second kappa shape index (κ2) is 6.56. The first kappa shape index (κ1) is 13.9. The molecule has 2 rings (SSSR count). The van der Waals surface area contributed by atoms with Crippen molar-refractivity contribution >= 4 is 17.6 Å². The van der Waals surface area contributed by atoms with Gasteiger partial charge < -0.3 is 14.5 Å². The summed E-state index contributed by atoms with van der Waals surface area (Å²) in [5.41, 5.74) is 1.76. The van der Waals surface area contributed by atoms with Gasteiger partial charge in [0, 0.05) is 5.69 Å². The number of hydrogen-bond donors (Lipinski definition) is 1. The zero-order valence-corrected chi connectivity index (χ0v) is 11.1. The van der Waals surface area contributed by atoms with Crippen molar-refractivity contribution in [2.75, 3.05) is 11.9 Å². The van der Waals surface area contributed by atoms with Gasteiger partial charge >= 0.3 is 5.97 Å². The van der Waals surface area contributed by atoms with Crippen LogP contribution in [0.1, 0.15) is 23.0 Å². The predicted octanol–water partition coefficient (Wildman–Crippen LogP) is 2.64. The Morgan fingerprint density at radius 1 is 1.20 bits per heavy atom. The number of rotatable bonds is 5. The number of para-hydroxylation sites is 1. The summed E-state index contributed by atoms with van der Waals surface area (Å²) in [6, 6.07) is 10.5. The van der Waals surface area contributed by atoms with Gasteiger partial charge in [-0.1, -0.05) is 25.1 Å². The molecule has 0 atom stereocenters. The van der Waals surface area contributed by atoms with E-state index < -0.39 is 5.97 Å². The smallest absolute Gasteiger partial charge is 0.374 e. The molecule has 1 N–H and O–H groups in total. The molecule has 5 nitrogen and oxygen atoms in total. The zero-order chi connectivity index (χ0) is 14.4. The highest BCUT2D eigenvalue weighted by Crippen LogP contribution is 2.15. The first-order valence-electron chi connectivity index (χ1n) is 6.29. The first-order chi connectivity index (χ1) is 9.70. The molecule has 1 amide bonds. The largest absolute Gasteiger partial charge is 0.457 e. The van der Waals surface area contributed by atoms with Crippen LogP contribution in [0.5, 0.6) is 0 Å². The van der Waals surface area contributed by atoms with Gasteiger partial charge in [0.15, 0.2) is 6.61 Å². The lowest BCUT2D eigenvalue weighted by molar-refractivity contribution is -0.119. The Hall–Kier alpha value is -2.56. The van der Waals surface area contributed by atoms with Gasteiger partial charge in [-0.3, -0.25) is 4.79 Å². The second-order valence-electron chi connectivity index (χ2n) is 4.11. The lowest BCUT2D eigenvalue weighted by atomic mass is 10.1. The van der Waals surface area contributed by atoms with E-state index >= 15 is 0 Å². The van der Waals surface area contributed by atoms with E-state index in [-0.39, 0.29) is 18.3 Å². The minimum atomic E-state index is -0.658. The lowest BCUT2D eigenvalue weighted by Crippen LogP contribution is -2.21. The zero-order valence-electron chi connectivity index (χ0n) is 11.1. The van der Waals surface area contributed by atoms with Gasteiger partial charge in [-0.05, 0) is 30.2 Å². The summed E-state index contributed by atoms with van der Waals surface area (Å²) in [7, 11) is 0. The lowest BCUT2D eigenvalue weighted by Gasteiger charge is -2.09. The average molecular weight is 273 g/mol. The molecule has 104 valence electrons. The number of nitrogens with one attached hydrogen (secondary N) is 1. The van der Waals surface area contributed by atoms with Crippen molar-refractivity contribution < 1.29 is 18.7 Å². The second-order valence-corrected chi connectivity index (χ2v) is 4.11. The van der Waals surface area contributed by atoms with Crippen LogP contribution in [0.3, 0.4) is 0 Å². The Labute approximate surface area is 116 Å². The number of amides is 1. The van der Waals surface area contributed by atoms with Gasteiger partial charge in [0.1, 0.15) is 0 Å². The number of hydrogen-bond acceptors (Lipinski definition) is 4. The summed E-state index contributed by atoms with van der Waals surface area (Å²) in [5, 5.41) is 2.72. The fourth-order valence-corrected chi connectivity index (χ4v) is 1.73. The van der Waals surface area contributed by atoms with E-state index in [4.69, 9.17) is 9.15 Å². The Morgan fingerprint density at radius 3 is 2.70 bits per heavy atom. The Bertz CT molecular complexity index is 590. The molecule has 0 unspecified atom stereocenters. The fourth-order valence-electron chi connectivity index (χ4n) is 1.73. The summed E-state index contributed by atoms with van der Waals surface area (Å²) in [4.78, 5) is 23.2. The van der Waals surface area contributed by atoms with E-state index in [1.54, 1.807) is 6.07 Å². The molecular weight excluding hydrogens is 258 g/mol. The van der Waals surface area contributed by atoms with E-state index in [9.17, 15) is 9.59 Å². The van der Waals surface area contributed by atoms with Crippen LogP contribution >= 0.6 is 0 Å². The molecule has 0 aliphatic rings. The number of carbonyl (C=O) groups excluding carboxylic acids is 2. The van der Waals surface area contributed by atoms with Crippen LogP contribution in [0.4, 0.5) is 5.69 Å². The topological polar surface area (TPSA) is 68.5 Å². The normalized spacial score (nSPS) is 10.1. The highest BCUT2D eigenvalue weighted by atomic mass is 16.5. The van der Waals surface area contributed by atoms with Crippen molar-refractivity contribution in [3.05, 3.63) is 54.0 Å². The predicted molar refractivity (Wildman–Crippen MR) is 73.4 cm³/mol. The quantitative estimate of drug-likeness (QED) is 0.850. The number of benzene rings is 1. The minimum absolute atomic E-state index is 0.0757. The number of esters is 1. The monoisotopic (exact) mass is 273 g/mol. The van der Waals surface area contributed by atoms with Crippen LogP contribution in [-0.4, -0.2) is 18.5 Å². The maximum atomic E-state index is 11.7. The van der Waals surface area contributed by atoms with E-state index in [0.29, 0.717) is 0 Å². The molecule has 0 radical (unpaired) electrons. The van der Waals surface area contributed by atoms with Crippen LogP contribution in [0.15, 0.2) is 47.1 Å². The van der Waals surface area contributed by atoms with Crippen LogP contribution < -0.4 is 5.32 Å². The fraction of sp³-hybridized carbons (Fsp3) is 0.200. The molecular formula is C15H15NO4. The third kappa shape index (κ3) is 3.47. The van der Waals surface area contributed by atoms with Crippen LogP contribution in [0.25, 0.3) is 0 Å². The molecule has 0 aliphatic carbocycles. The average Bonchev–Trinajstić information content (AvgIpc) is 2.99. The van der Waals surface area contributed by atoms with Gasteiger partial charge in [0.25, 0.3) is 5.91 Å². The molecule has 0 fully saturated rings. The summed E-state index contributed by atoms with van der Waals surface area (Å²) in [6.07, 6.45) is 2.18. The van der Waals surface area contributed by atoms with Crippen molar-refractivity contribution in [3.8, 4) is 0 Å². The molecule has 1 aromatic carbocycles. The molecule has 2 aromatic rings. The number of ether oxygens (including phenoxy) is 1. The Morgan fingerprint density at radius 2 is 2.00 bits per heavy atom. The van der Waals surface area contributed by atoms with Crippen LogP contribution in [0.2, 0.25) is 0 Å². The molecule has 5 heteroatoms. The van der Waals surface area contributed by atoms with E-state index in [2.05, 4.69) is 5.32 Å². The van der Waals surface area contributed by atoms with Crippen molar-refractivity contribution in [2.45, 2.75) is 13.3 Å². The van der Waals surface area contributed by atoms with Crippen molar-refractivity contribution in [1.29, 1.82) is 0 Å². The first-order valence-corrected chi connectivity index (χ1v) is 6.29. The third-order valence-electron chi connectivity index (χ3n) is 2.73. The highest BCUT2D eigenvalue weighted by Gasteiger charge is 2.13. The van der Waals surface area contributed by atoms with E-state index in [1.807, 2.05) is 31.2 Å². The SMILES string of the molecule is CCc1ccccc1NC(=O)COC(=O)c1ccco1. The maximum Gasteiger partial charge on any atom is 0.374 e. The van der Waals surface area contributed by atoms with Gasteiger partial charge in [-0.25, -0.2) is 4.79 Å². The van der Waals surface area contributed by atoms with Gasteiger partial charge in [0.2, 0.25) is 5.76 Å². The number of aryl methyl sites for hydroxylation is 1. The standard InChI is InChI=1S/C15H15NO4/c1-2-11-6-3-4-7-12(11)16-14(17)10-20-15(18)13-8-5-9-19-13/h3-9H,2,10H2,1H3,(H,16,17). The summed E-state index contributed by atoms with van der Waals surface area (Å²) < 4.78 is 9.73. The molecule has 1 aromatic heterocycles. The van der Waals surface area contributed by atoms with Crippen molar-refractivity contribution in [3.63, 3.8) is 0 Å². The Kier molecular flexibility index (Phi) is 4.55. The van der Waals surface area contributed by atoms with Crippen molar-refractivity contribution in [1.82, 2.24) is 0 Å². The van der Waals surface area contributed by atoms with E-state index in [1.165, 1.54) is 12.3 Å². The van der Waals surface area contributed by atoms with Crippen LogP contribution in [-0.2, 0) is 16.0 Å². The maximum absolute atomic E-state index is 11.7. The summed E-state index contributed by atoms with van der Waals surface area (Å²) >= 11 is 0. The summed E-state index contributed by atoms with van der Waals surface area (Å²) in [5.74, 6) is -0.966. The van der Waals surface area contributed by atoms with Gasteiger partial charge in [-0.2, -0.15) is 0 Å². The number of carbonyl (C=O) groups is 2. The van der Waals surface area contributed by atoms with Gasteiger partial charge in [0.05, 0.1) is 6.26 Å². The molecule has 20 heavy (non-hydrogen) atoms. The molecule has 1 heterocycles.